The van der Waals surface area contributed by atoms with Crippen LogP contribution in [0.5, 0.6) is 5.75 Å². The Hall–Kier alpha value is -1.91. The van der Waals surface area contributed by atoms with Gasteiger partial charge in [-0.15, -0.1) is 0 Å². The fraction of sp³-hybridized carbons (Fsp3) is 0.562. The maximum Gasteiger partial charge on any atom is 0.211 e. The molecule has 1 rings (SSSR count). The van der Waals surface area contributed by atoms with Crippen molar-refractivity contribution in [1.29, 1.82) is 0 Å². The summed E-state index contributed by atoms with van der Waals surface area (Å²) in [7, 11) is 1.57. The summed E-state index contributed by atoms with van der Waals surface area (Å²) in [4.78, 5) is 22.0. The lowest BCUT2D eigenvalue weighted by atomic mass is 9.83. The molecule has 0 radical (unpaired) electrons. The van der Waals surface area contributed by atoms with Gasteiger partial charge in [0.05, 0.1) is 13.0 Å². The number of methoxy groups -OCH3 is 1. The van der Waals surface area contributed by atoms with Crippen molar-refractivity contribution >= 4 is 6.29 Å². The number of hydrogen-bond donors (Lipinski definition) is 0. The third kappa shape index (κ3) is 5.53. The Kier molecular flexibility index (Phi) is 7.43. The molecular weight excluding hydrogens is 270 g/mol. The Bertz CT molecular complexity index is 444. The number of carbonyl (C=O) groups is 1. The largest absolute Gasteiger partial charge is 0.497 e. The zero-order valence-corrected chi connectivity index (χ0v) is 12.7. The molecule has 0 fully saturated rings. The first kappa shape index (κ1) is 17.1. The molecule has 0 spiro atoms. The van der Waals surface area contributed by atoms with Gasteiger partial charge in [0.25, 0.3) is 0 Å². The average molecular weight is 293 g/mol. The summed E-state index contributed by atoms with van der Waals surface area (Å²) in [6, 6.07) is 7.17. The topological polar surface area (TPSA) is 69.4 Å². The van der Waals surface area contributed by atoms with Crippen molar-refractivity contribution < 1.29 is 14.5 Å². The second kappa shape index (κ2) is 9.10. The Morgan fingerprint density at radius 3 is 2.43 bits per heavy atom. The Balaban J connectivity index is 2.90. The van der Waals surface area contributed by atoms with Crippen LogP contribution in [0.4, 0.5) is 0 Å². The molecule has 0 bridgehead atoms. The fourth-order valence-corrected chi connectivity index (χ4v) is 2.49. The molecule has 0 unspecified atom stereocenters. The molecule has 1 aromatic carbocycles. The van der Waals surface area contributed by atoms with Crippen LogP contribution in [0.3, 0.4) is 0 Å². The minimum Gasteiger partial charge on any atom is -0.497 e. The molecule has 0 heterocycles. The van der Waals surface area contributed by atoms with Gasteiger partial charge in [-0.3, -0.25) is 10.1 Å². The molecule has 5 nitrogen and oxygen atoms in total. The third-order valence-electron chi connectivity index (χ3n) is 3.72. The van der Waals surface area contributed by atoms with Crippen LogP contribution >= 0.6 is 0 Å². The Morgan fingerprint density at radius 1 is 1.29 bits per heavy atom. The Labute approximate surface area is 125 Å². The summed E-state index contributed by atoms with van der Waals surface area (Å²) in [5.74, 6) is 0.0165. The van der Waals surface area contributed by atoms with E-state index in [0.29, 0.717) is 12.2 Å². The third-order valence-corrected chi connectivity index (χ3v) is 3.72. The lowest BCUT2D eigenvalue weighted by Crippen LogP contribution is -2.22. The number of hydrogen-bond acceptors (Lipinski definition) is 4. The first-order chi connectivity index (χ1) is 10.1. The quantitative estimate of drug-likeness (QED) is 0.287. The van der Waals surface area contributed by atoms with Gasteiger partial charge < -0.3 is 9.53 Å². The van der Waals surface area contributed by atoms with Gasteiger partial charge >= 0.3 is 0 Å². The molecule has 0 aliphatic heterocycles. The van der Waals surface area contributed by atoms with E-state index in [9.17, 15) is 14.9 Å². The number of ether oxygens (including phenoxy) is 1. The molecule has 116 valence electrons. The first-order valence-corrected chi connectivity index (χ1v) is 7.33. The summed E-state index contributed by atoms with van der Waals surface area (Å²) < 4.78 is 5.09. The van der Waals surface area contributed by atoms with Crippen LogP contribution in [0, 0.1) is 16.0 Å². The van der Waals surface area contributed by atoms with Gasteiger partial charge in [0.2, 0.25) is 6.54 Å². The molecule has 0 N–H and O–H groups in total. The van der Waals surface area contributed by atoms with E-state index in [-0.39, 0.29) is 23.3 Å². The van der Waals surface area contributed by atoms with Gasteiger partial charge in [0.1, 0.15) is 12.0 Å². The molecule has 1 aromatic rings. The summed E-state index contributed by atoms with van der Waals surface area (Å²) in [5, 5.41) is 10.9. The molecular formula is C16H23NO4. The van der Waals surface area contributed by atoms with Crippen molar-refractivity contribution in [2.45, 2.75) is 38.5 Å². The van der Waals surface area contributed by atoms with Crippen LogP contribution < -0.4 is 4.74 Å². The molecule has 0 amide bonds. The summed E-state index contributed by atoms with van der Waals surface area (Å²) in [5.41, 5.74) is 0.820. The van der Waals surface area contributed by atoms with Crippen LogP contribution in [-0.4, -0.2) is 24.9 Å². The monoisotopic (exact) mass is 293 g/mol. The highest BCUT2D eigenvalue weighted by Crippen LogP contribution is 2.29. The maximum atomic E-state index is 11.4. The van der Waals surface area contributed by atoms with E-state index in [1.54, 1.807) is 19.2 Å². The van der Waals surface area contributed by atoms with Gasteiger partial charge in [-0.25, -0.2) is 0 Å². The second-order valence-corrected chi connectivity index (χ2v) is 5.19. The van der Waals surface area contributed by atoms with Crippen LogP contribution in [0.25, 0.3) is 0 Å². The van der Waals surface area contributed by atoms with Crippen molar-refractivity contribution in [2.24, 2.45) is 5.92 Å². The number of carbonyl (C=O) groups excluding carboxylic acids is 1. The predicted molar refractivity (Wildman–Crippen MR) is 81.3 cm³/mol. The number of unbranched alkanes of at least 4 members (excludes halogenated alkanes) is 2. The van der Waals surface area contributed by atoms with E-state index in [4.69, 9.17) is 4.74 Å². The van der Waals surface area contributed by atoms with Gasteiger partial charge in [0.15, 0.2) is 0 Å². The van der Waals surface area contributed by atoms with E-state index in [2.05, 4.69) is 6.92 Å². The molecule has 0 saturated carbocycles. The minimum atomic E-state index is -0.375. The van der Waals surface area contributed by atoms with E-state index in [0.717, 1.165) is 31.1 Å². The molecule has 2 atom stereocenters. The highest BCUT2D eigenvalue weighted by molar-refractivity contribution is 5.56. The summed E-state index contributed by atoms with van der Waals surface area (Å²) in [6.07, 6.45) is 4.59. The molecule has 0 aliphatic rings. The van der Waals surface area contributed by atoms with E-state index in [1.165, 1.54) is 0 Å². The highest BCUT2D eigenvalue weighted by Gasteiger charge is 2.27. The zero-order chi connectivity index (χ0) is 15.7. The molecule has 0 saturated heterocycles. The second-order valence-electron chi connectivity index (χ2n) is 5.19. The molecule has 0 aromatic heterocycles. The number of nitro groups is 1. The smallest absolute Gasteiger partial charge is 0.211 e. The standard InChI is InChI=1S/C16H23NO4/c1-3-4-5-6-14(12-18)16(11-17(19)20)13-7-9-15(21-2)10-8-13/h7-10,12,14,16H,3-6,11H2,1-2H3/t14-,16+/m0/s1. The maximum absolute atomic E-state index is 11.4. The Morgan fingerprint density at radius 2 is 1.95 bits per heavy atom. The van der Waals surface area contributed by atoms with Crippen molar-refractivity contribution in [2.75, 3.05) is 13.7 Å². The van der Waals surface area contributed by atoms with Gasteiger partial charge in [0, 0.05) is 10.8 Å². The van der Waals surface area contributed by atoms with Gasteiger partial charge in [-0.2, -0.15) is 0 Å². The van der Waals surface area contributed by atoms with Crippen molar-refractivity contribution in [1.82, 2.24) is 0 Å². The van der Waals surface area contributed by atoms with E-state index >= 15 is 0 Å². The molecule has 5 heteroatoms. The predicted octanol–water partition coefficient (Wildman–Crippen LogP) is 3.45. The van der Waals surface area contributed by atoms with Crippen LogP contribution in [-0.2, 0) is 4.79 Å². The van der Waals surface area contributed by atoms with E-state index in [1.807, 2.05) is 12.1 Å². The molecule has 0 aliphatic carbocycles. The zero-order valence-electron chi connectivity index (χ0n) is 12.7. The van der Waals surface area contributed by atoms with E-state index < -0.39 is 0 Å². The average Bonchev–Trinajstić information content (AvgIpc) is 2.50. The SMILES string of the molecule is CCCCC[C@@H](C=O)[C@H](C[N+](=O)[O-])c1ccc(OC)cc1. The van der Waals surface area contributed by atoms with Gasteiger partial charge in [-0.1, -0.05) is 38.3 Å². The number of nitrogens with zero attached hydrogens (tertiary/aromatic N) is 1. The van der Waals surface area contributed by atoms with Crippen molar-refractivity contribution in [3.05, 3.63) is 39.9 Å². The van der Waals surface area contributed by atoms with Crippen LogP contribution in [0.2, 0.25) is 0 Å². The number of aldehydes is 1. The lowest BCUT2D eigenvalue weighted by molar-refractivity contribution is -0.484. The number of rotatable bonds is 10. The fourth-order valence-electron chi connectivity index (χ4n) is 2.49. The van der Waals surface area contributed by atoms with Crippen molar-refractivity contribution in [3.63, 3.8) is 0 Å². The summed E-state index contributed by atoms with van der Waals surface area (Å²) in [6.45, 7) is 1.87. The highest BCUT2D eigenvalue weighted by atomic mass is 16.6. The van der Waals surface area contributed by atoms with Crippen LogP contribution in [0.15, 0.2) is 24.3 Å². The normalized spacial score (nSPS) is 13.4. The van der Waals surface area contributed by atoms with Crippen molar-refractivity contribution in [3.8, 4) is 5.75 Å². The first-order valence-electron chi connectivity index (χ1n) is 7.33. The lowest BCUT2D eigenvalue weighted by Gasteiger charge is -2.20. The minimum absolute atomic E-state index is 0.220. The van der Waals surface area contributed by atoms with Gasteiger partial charge in [-0.05, 0) is 24.1 Å². The van der Waals surface area contributed by atoms with Crippen LogP contribution in [0.1, 0.15) is 44.1 Å². The number of benzene rings is 1. The molecule has 21 heavy (non-hydrogen) atoms. The summed E-state index contributed by atoms with van der Waals surface area (Å²) >= 11 is 0.